The van der Waals surface area contributed by atoms with Gasteiger partial charge in [-0.25, -0.2) is 9.18 Å². The van der Waals surface area contributed by atoms with Gasteiger partial charge in [0.2, 0.25) is 0 Å². The number of halogens is 4. The zero-order chi connectivity index (χ0) is 18.1. The highest BCUT2D eigenvalue weighted by atomic mass is 32.1. The van der Waals surface area contributed by atoms with E-state index in [2.05, 4.69) is 4.74 Å². The molecule has 0 fully saturated rings. The van der Waals surface area contributed by atoms with Crippen molar-refractivity contribution in [3.05, 3.63) is 40.5 Å². The van der Waals surface area contributed by atoms with Crippen molar-refractivity contribution in [2.24, 2.45) is 0 Å². The van der Waals surface area contributed by atoms with Crippen LogP contribution in [0.5, 0.6) is 0 Å². The number of esters is 1. The topological polar surface area (TPSA) is 55.4 Å². The van der Waals surface area contributed by atoms with Crippen LogP contribution >= 0.6 is 11.3 Å². The molecule has 0 spiro atoms. The number of carbonyl (C=O) groups excluding carboxylic acids is 2. The first-order chi connectivity index (χ1) is 11.1. The van der Waals surface area contributed by atoms with Gasteiger partial charge in [-0.1, -0.05) is 12.1 Å². The Morgan fingerprint density at radius 2 is 1.75 bits per heavy atom. The van der Waals surface area contributed by atoms with Gasteiger partial charge in [-0.15, -0.1) is 11.3 Å². The fraction of sp³-hybridized carbons (Fsp3) is 0.200. The molecule has 0 atom stereocenters. The van der Waals surface area contributed by atoms with E-state index >= 15 is 0 Å². The number of ether oxygens (including phenoxy) is 1. The average molecular weight is 361 g/mol. The summed E-state index contributed by atoms with van der Waals surface area (Å²) in [5, 5.41) is 1.41. The van der Waals surface area contributed by atoms with Crippen LogP contribution in [0.3, 0.4) is 0 Å². The van der Waals surface area contributed by atoms with E-state index in [1.54, 1.807) is 12.2 Å². The van der Waals surface area contributed by atoms with E-state index in [4.69, 9.17) is 0 Å². The predicted octanol–water partition coefficient (Wildman–Crippen LogP) is 4.15. The van der Waals surface area contributed by atoms with Gasteiger partial charge < -0.3 is 10.1 Å². The molecule has 2 rings (SSSR count). The molecule has 1 heterocycles. The second-order valence-electron chi connectivity index (χ2n) is 4.69. The first kappa shape index (κ1) is 17.9. The maximum absolute atomic E-state index is 13.1. The largest absolute Gasteiger partial charge is 0.471 e. The molecule has 0 saturated carbocycles. The summed E-state index contributed by atoms with van der Waals surface area (Å²) in [4.78, 5) is 23.7. The molecule has 0 unspecified atom stereocenters. The fourth-order valence-corrected chi connectivity index (χ4v) is 3.13. The number of methoxy groups -OCH3 is 1. The normalized spacial score (nSPS) is 11.2. The lowest BCUT2D eigenvalue weighted by Gasteiger charge is -2.09. The van der Waals surface area contributed by atoms with E-state index < -0.39 is 23.9 Å². The van der Waals surface area contributed by atoms with Crippen molar-refractivity contribution in [3.8, 4) is 11.1 Å². The number of benzene rings is 1. The molecule has 0 bridgehead atoms. The Morgan fingerprint density at radius 3 is 2.25 bits per heavy atom. The monoisotopic (exact) mass is 361 g/mol. The second-order valence-corrected chi connectivity index (χ2v) is 5.91. The van der Waals surface area contributed by atoms with Crippen LogP contribution in [0.4, 0.5) is 22.6 Å². The number of aryl methyl sites for hydroxylation is 1. The van der Waals surface area contributed by atoms with Gasteiger partial charge in [0, 0.05) is 10.4 Å². The lowest BCUT2D eigenvalue weighted by molar-refractivity contribution is -0.167. The van der Waals surface area contributed by atoms with Crippen LogP contribution in [0, 0.1) is 12.7 Å². The standard InChI is InChI=1S/C15H11F4NO3S/c1-7-10(8-3-5-9(16)6-4-8)11(13(21)23-2)12(24-7)20-14(22)15(17,18)19/h3-6H,1-2H3,(H,20,22). The second kappa shape index (κ2) is 6.60. The number of thiophene rings is 1. The van der Waals surface area contributed by atoms with E-state index in [1.165, 1.54) is 12.1 Å². The minimum Gasteiger partial charge on any atom is -0.465 e. The van der Waals surface area contributed by atoms with Crippen LogP contribution in [-0.2, 0) is 9.53 Å². The third-order valence-electron chi connectivity index (χ3n) is 3.09. The molecule has 1 amide bonds. The maximum Gasteiger partial charge on any atom is 0.471 e. The number of rotatable bonds is 3. The molecule has 1 aromatic heterocycles. The van der Waals surface area contributed by atoms with Gasteiger partial charge in [0.15, 0.2) is 0 Å². The summed E-state index contributed by atoms with van der Waals surface area (Å²) in [6, 6.07) is 5.07. The Hall–Kier alpha value is -2.42. The summed E-state index contributed by atoms with van der Waals surface area (Å²) < 4.78 is 55.0. The molecule has 4 nitrogen and oxygen atoms in total. The fourth-order valence-electron chi connectivity index (χ4n) is 2.07. The Balaban J connectivity index is 2.58. The number of hydrogen-bond acceptors (Lipinski definition) is 4. The highest BCUT2D eigenvalue weighted by molar-refractivity contribution is 7.17. The van der Waals surface area contributed by atoms with E-state index in [0.29, 0.717) is 10.4 Å². The van der Waals surface area contributed by atoms with Gasteiger partial charge in [0.25, 0.3) is 0 Å². The van der Waals surface area contributed by atoms with Crippen molar-refractivity contribution in [2.75, 3.05) is 12.4 Å². The number of anilines is 1. The molecule has 24 heavy (non-hydrogen) atoms. The van der Waals surface area contributed by atoms with Gasteiger partial charge in [0.1, 0.15) is 16.4 Å². The molecule has 0 aliphatic rings. The Morgan fingerprint density at radius 1 is 1.17 bits per heavy atom. The van der Waals surface area contributed by atoms with E-state index in [9.17, 15) is 27.2 Å². The van der Waals surface area contributed by atoms with Crippen molar-refractivity contribution in [1.29, 1.82) is 0 Å². The summed E-state index contributed by atoms with van der Waals surface area (Å²) >= 11 is 0.802. The Labute approximate surface area is 138 Å². The number of carbonyl (C=O) groups is 2. The van der Waals surface area contributed by atoms with Gasteiger partial charge in [-0.3, -0.25) is 4.79 Å². The summed E-state index contributed by atoms with van der Waals surface area (Å²) in [6.07, 6.45) is -5.10. The number of amides is 1. The molecule has 1 aromatic carbocycles. The number of nitrogens with one attached hydrogen (secondary N) is 1. The number of hydrogen-bond donors (Lipinski definition) is 1. The Bertz CT molecular complexity index is 781. The molecule has 0 saturated heterocycles. The number of alkyl halides is 3. The lowest BCUT2D eigenvalue weighted by atomic mass is 10.0. The molecule has 1 N–H and O–H groups in total. The van der Waals surface area contributed by atoms with E-state index in [0.717, 1.165) is 30.6 Å². The predicted molar refractivity (Wildman–Crippen MR) is 80.5 cm³/mol. The Kier molecular flexibility index (Phi) is 4.93. The molecule has 9 heteroatoms. The van der Waals surface area contributed by atoms with Crippen molar-refractivity contribution < 1.29 is 31.9 Å². The lowest BCUT2D eigenvalue weighted by Crippen LogP contribution is -2.30. The summed E-state index contributed by atoms with van der Waals surface area (Å²) in [7, 11) is 1.07. The van der Waals surface area contributed by atoms with Crippen LogP contribution in [0.15, 0.2) is 24.3 Å². The third-order valence-corrected chi connectivity index (χ3v) is 4.11. The van der Waals surface area contributed by atoms with Gasteiger partial charge in [0.05, 0.1) is 7.11 Å². The van der Waals surface area contributed by atoms with Crippen LogP contribution in [0.2, 0.25) is 0 Å². The third kappa shape index (κ3) is 3.56. The van der Waals surface area contributed by atoms with Gasteiger partial charge in [-0.2, -0.15) is 13.2 Å². The van der Waals surface area contributed by atoms with Crippen LogP contribution < -0.4 is 5.32 Å². The molecular formula is C15H11F4NO3S. The minimum absolute atomic E-state index is 0.204. The zero-order valence-corrected chi connectivity index (χ0v) is 13.3. The smallest absolute Gasteiger partial charge is 0.465 e. The minimum atomic E-state index is -5.10. The summed E-state index contributed by atoms with van der Waals surface area (Å²) in [5.74, 6) is -3.60. The van der Waals surface area contributed by atoms with Crippen molar-refractivity contribution in [3.63, 3.8) is 0 Å². The zero-order valence-electron chi connectivity index (χ0n) is 12.5. The first-order valence-electron chi connectivity index (χ1n) is 6.51. The van der Waals surface area contributed by atoms with Crippen LogP contribution in [-0.4, -0.2) is 25.2 Å². The van der Waals surface area contributed by atoms with E-state index in [1.807, 2.05) is 0 Å². The quantitative estimate of drug-likeness (QED) is 0.660. The van der Waals surface area contributed by atoms with Crippen LogP contribution in [0.25, 0.3) is 11.1 Å². The van der Waals surface area contributed by atoms with Crippen molar-refractivity contribution in [2.45, 2.75) is 13.1 Å². The SMILES string of the molecule is COC(=O)c1c(NC(=O)C(F)(F)F)sc(C)c1-c1ccc(F)cc1. The first-order valence-corrected chi connectivity index (χ1v) is 7.32. The molecule has 2 aromatic rings. The highest BCUT2D eigenvalue weighted by Crippen LogP contribution is 2.40. The molecular weight excluding hydrogens is 350 g/mol. The van der Waals surface area contributed by atoms with Crippen molar-refractivity contribution >= 4 is 28.2 Å². The summed E-state index contributed by atoms with van der Waals surface area (Å²) in [6.45, 7) is 1.57. The molecule has 0 aliphatic carbocycles. The molecule has 0 radical (unpaired) electrons. The van der Waals surface area contributed by atoms with Gasteiger partial charge >= 0.3 is 18.1 Å². The van der Waals surface area contributed by atoms with Crippen LogP contribution in [0.1, 0.15) is 15.2 Å². The van der Waals surface area contributed by atoms with Gasteiger partial charge in [-0.05, 0) is 24.6 Å². The average Bonchev–Trinajstić information content (AvgIpc) is 2.82. The summed E-state index contributed by atoms with van der Waals surface area (Å²) in [5.41, 5.74) is 0.492. The highest BCUT2D eigenvalue weighted by Gasteiger charge is 2.40. The maximum atomic E-state index is 13.1. The van der Waals surface area contributed by atoms with E-state index in [-0.39, 0.29) is 16.1 Å². The molecule has 0 aliphatic heterocycles. The van der Waals surface area contributed by atoms with Crippen molar-refractivity contribution in [1.82, 2.24) is 0 Å². The molecule has 128 valence electrons.